The summed E-state index contributed by atoms with van der Waals surface area (Å²) in [5.41, 5.74) is 2.53. The highest BCUT2D eigenvalue weighted by atomic mass is 15.0. The molecular weight excluding hydrogens is 248 g/mol. The Morgan fingerprint density at radius 2 is 1.10 bits per heavy atom. The van der Waals surface area contributed by atoms with Crippen LogP contribution in [0.15, 0.2) is 49.1 Å². The predicted molar refractivity (Wildman–Crippen MR) is 81.3 cm³/mol. The summed E-state index contributed by atoms with van der Waals surface area (Å²) in [6.45, 7) is 6.20. The topological polar surface area (TPSA) is 49.8 Å². The van der Waals surface area contributed by atoms with Crippen LogP contribution in [-0.4, -0.2) is 23.1 Å². The van der Waals surface area contributed by atoms with Crippen LogP contribution in [0.2, 0.25) is 0 Å². The van der Waals surface area contributed by atoms with Crippen molar-refractivity contribution in [3.63, 3.8) is 0 Å². The van der Waals surface area contributed by atoms with E-state index in [4.69, 9.17) is 0 Å². The van der Waals surface area contributed by atoms with E-state index in [0.717, 1.165) is 13.1 Å². The highest BCUT2D eigenvalue weighted by molar-refractivity contribution is 5.14. The first-order valence-corrected chi connectivity index (χ1v) is 7.04. The molecule has 0 aromatic carbocycles. The lowest BCUT2D eigenvalue weighted by Crippen LogP contribution is -2.30. The monoisotopic (exact) mass is 270 g/mol. The SMILES string of the molecule is C[C@H](NCCN[C@H](C)c1ccncc1)c1ccncc1. The molecule has 2 aromatic rings. The second kappa shape index (κ2) is 7.72. The molecule has 106 valence electrons. The highest BCUT2D eigenvalue weighted by Crippen LogP contribution is 2.10. The fourth-order valence-corrected chi connectivity index (χ4v) is 2.12. The fraction of sp³-hybridized carbons (Fsp3) is 0.375. The minimum atomic E-state index is 0.344. The molecule has 4 heteroatoms. The third-order valence-corrected chi connectivity index (χ3v) is 3.44. The van der Waals surface area contributed by atoms with E-state index in [1.165, 1.54) is 11.1 Å². The quantitative estimate of drug-likeness (QED) is 0.759. The minimum absolute atomic E-state index is 0.344. The molecule has 0 aliphatic carbocycles. The Hall–Kier alpha value is -1.78. The van der Waals surface area contributed by atoms with Gasteiger partial charge in [0.15, 0.2) is 0 Å². The van der Waals surface area contributed by atoms with Crippen molar-refractivity contribution in [1.82, 2.24) is 20.6 Å². The molecule has 2 N–H and O–H groups in total. The summed E-state index contributed by atoms with van der Waals surface area (Å²) >= 11 is 0. The van der Waals surface area contributed by atoms with E-state index in [0.29, 0.717) is 12.1 Å². The third kappa shape index (κ3) is 4.40. The van der Waals surface area contributed by atoms with Crippen LogP contribution >= 0.6 is 0 Å². The molecule has 0 bridgehead atoms. The number of nitrogens with zero attached hydrogens (tertiary/aromatic N) is 2. The normalized spacial score (nSPS) is 13.9. The van der Waals surface area contributed by atoms with E-state index in [-0.39, 0.29) is 0 Å². The zero-order valence-electron chi connectivity index (χ0n) is 12.1. The summed E-state index contributed by atoms with van der Waals surface area (Å²) in [6, 6.07) is 8.87. The molecule has 0 amide bonds. The van der Waals surface area contributed by atoms with Gasteiger partial charge in [-0.15, -0.1) is 0 Å². The Kier molecular flexibility index (Phi) is 5.65. The number of hydrogen-bond acceptors (Lipinski definition) is 4. The van der Waals surface area contributed by atoms with Gasteiger partial charge in [0, 0.05) is 50.0 Å². The van der Waals surface area contributed by atoms with Gasteiger partial charge in [0.1, 0.15) is 0 Å². The highest BCUT2D eigenvalue weighted by Gasteiger charge is 2.05. The molecular formula is C16H22N4. The molecule has 4 nitrogen and oxygen atoms in total. The summed E-state index contributed by atoms with van der Waals surface area (Å²) in [5, 5.41) is 7.01. The largest absolute Gasteiger partial charge is 0.309 e. The fourth-order valence-electron chi connectivity index (χ4n) is 2.12. The second-order valence-electron chi connectivity index (χ2n) is 4.91. The second-order valence-corrected chi connectivity index (χ2v) is 4.91. The van der Waals surface area contributed by atoms with Crippen molar-refractivity contribution in [2.45, 2.75) is 25.9 Å². The van der Waals surface area contributed by atoms with Crippen LogP contribution in [0.5, 0.6) is 0 Å². The number of rotatable bonds is 7. The van der Waals surface area contributed by atoms with Gasteiger partial charge >= 0.3 is 0 Å². The van der Waals surface area contributed by atoms with E-state index in [1.807, 2.05) is 49.1 Å². The Balaban J connectivity index is 1.69. The Labute approximate surface area is 120 Å². The lowest BCUT2D eigenvalue weighted by molar-refractivity contribution is 0.511. The van der Waals surface area contributed by atoms with Crippen molar-refractivity contribution in [3.05, 3.63) is 60.2 Å². The van der Waals surface area contributed by atoms with Gasteiger partial charge in [-0.25, -0.2) is 0 Å². The third-order valence-electron chi connectivity index (χ3n) is 3.44. The smallest absolute Gasteiger partial charge is 0.0293 e. The predicted octanol–water partition coefficient (Wildman–Crippen LogP) is 2.48. The summed E-state index contributed by atoms with van der Waals surface area (Å²) < 4.78 is 0. The van der Waals surface area contributed by atoms with Gasteiger partial charge < -0.3 is 10.6 Å². The zero-order chi connectivity index (χ0) is 14.2. The van der Waals surface area contributed by atoms with E-state index >= 15 is 0 Å². The molecule has 2 atom stereocenters. The van der Waals surface area contributed by atoms with Crippen molar-refractivity contribution in [2.75, 3.05) is 13.1 Å². The summed E-state index contributed by atoms with van der Waals surface area (Å²) in [4.78, 5) is 8.07. The van der Waals surface area contributed by atoms with Gasteiger partial charge in [-0.1, -0.05) is 0 Å². The van der Waals surface area contributed by atoms with Crippen molar-refractivity contribution in [2.24, 2.45) is 0 Å². The first-order chi connectivity index (χ1) is 9.77. The molecule has 0 fully saturated rings. The van der Waals surface area contributed by atoms with Crippen LogP contribution < -0.4 is 10.6 Å². The van der Waals surface area contributed by atoms with Crippen molar-refractivity contribution < 1.29 is 0 Å². The Morgan fingerprint density at radius 1 is 0.750 bits per heavy atom. The number of aromatic nitrogens is 2. The van der Waals surface area contributed by atoms with Gasteiger partial charge in [-0.2, -0.15) is 0 Å². The maximum atomic E-state index is 4.04. The van der Waals surface area contributed by atoms with Gasteiger partial charge in [0.2, 0.25) is 0 Å². The molecule has 0 unspecified atom stereocenters. The number of hydrogen-bond donors (Lipinski definition) is 2. The molecule has 0 saturated carbocycles. The molecule has 0 aliphatic heterocycles. The van der Waals surface area contributed by atoms with E-state index < -0.39 is 0 Å². The van der Waals surface area contributed by atoms with Crippen molar-refractivity contribution in [1.29, 1.82) is 0 Å². The van der Waals surface area contributed by atoms with Crippen LogP contribution in [-0.2, 0) is 0 Å². The van der Waals surface area contributed by atoms with Gasteiger partial charge in [0.05, 0.1) is 0 Å². The summed E-state index contributed by atoms with van der Waals surface area (Å²) in [7, 11) is 0. The number of pyridine rings is 2. The van der Waals surface area contributed by atoms with Crippen molar-refractivity contribution in [3.8, 4) is 0 Å². The van der Waals surface area contributed by atoms with Crippen molar-refractivity contribution >= 4 is 0 Å². The average Bonchev–Trinajstić information content (AvgIpc) is 2.53. The molecule has 20 heavy (non-hydrogen) atoms. The molecule has 0 radical (unpaired) electrons. The van der Waals surface area contributed by atoms with E-state index in [2.05, 4.69) is 34.4 Å². The molecule has 2 aromatic heterocycles. The molecule has 0 aliphatic rings. The Morgan fingerprint density at radius 3 is 1.45 bits per heavy atom. The van der Waals surface area contributed by atoms with Crippen LogP contribution in [0.25, 0.3) is 0 Å². The molecule has 2 rings (SSSR count). The Bertz CT molecular complexity index is 439. The van der Waals surface area contributed by atoms with Crippen LogP contribution in [0.3, 0.4) is 0 Å². The first kappa shape index (κ1) is 14.6. The number of nitrogens with one attached hydrogen (secondary N) is 2. The summed E-state index contributed by atoms with van der Waals surface area (Å²) in [5.74, 6) is 0. The van der Waals surface area contributed by atoms with E-state index in [1.54, 1.807) is 0 Å². The van der Waals surface area contributed by atoms with Gasteiger partial charge in [0.25, 0.3) is 0 Å². The minimum Gasteiger partial charge on any atom is -0.309 e. The zero-order valence-corrected chi connectivity index (χ0v) is 12.1. The first-order valence-electron chi connectivity index (χ1n) is 7.04. The molecule has 0 saturated heterocycles. The maximum Gasteiger partial charge on any atom is 0.0293 e. The standard InChI is InChI=1S/C16H22N4/c1-13(15-3-7-17-8-4-15)19-11-12-20-14(2)16-5-9-18-10-6-16/h3-10,13-14,19-20H,11-12H2,1-2H3/t13-,14+. The van der Waals surface area contributed by atoms with Crippen LogP contribution in [0, 0.1) is 0 Å². The van der Waals surface area contributed by atoms with Crippen LogP contribution in [0.4, 0.5) is 0 Å². The summed E-state index contributed by atoms with van der Waals surface area (Å²) in [6.07, 6.45) is 7.32. The van der Waals surface area contributed by atoms with Gasteiger partial charge in [-0.3, -0.25) is 9.97 Å². The molecule has 0 spiro atoms. The molecule has 2 heterocycles. The average molecular weight is 270 g/mol. The lowest BCUT2D eigenvalue weighted by atomic mass is 10.1. The maximum absolute atomic E-state index is 4.04. The van der Waals surface area contributed by atoms with Crippen LogP contribution in [0.1, 0.15) is 37.1 Å². The van der Waals surface area contributed by atoms with Gasteiger partial charge in [-0.05, 0) is 49.2 Å². The lowest BCUT2D eigenvalue weighted by Gasteiger charge is -2.17. The van der Waals surface area contributed by atoms with E-state index in [9.17, 15) is 0 Å².